The van der Waals surface area contributed by atoms with E-state index in [0.717, 1.165) is 0 Å². The van der Waals surface area contributed by atoms with Gasteiger partial charge in [0.25, 0.3) is 0 Å². The first-order chi connectivity index (χ1) is 8.45. The molecule has 0 fully saturated rings. The SMILES string of the molecule is COC(=O)c1cc(N)ncc1SCC(=O)N(C)C. The van der Waals surface area contributed by atoms with Crippen molar-refractivity contribution in [1.29, 1.82) is 0 Å². The fraction of sp³-hybridized carbons (Fsp3) is 0.364. The number of pyridine rings is 1. The maximum atomic E-state index is 11.6. The smallest absolute Gasteiger partial charge is 0.339 e. The molecule has 2 N–H and O–H groups in total. The van der Waals surface area contributed by atoms with Crippen LogP contribution in [0.1, 0.15) is 10.4 Å². The Morgan fingerprint density at radius 1 is 1.50 bits per heavy atom. The van der Waals surface area contributed by atoms with E-state index in [-0.39, 0.29) is 17.5 Å². The number of aromatic nitrogens is 1. The van der Waals surface area contributed by atoms with Crippen molar-refractivity contribution < 1.29 is 14.3 Å². The van der Waals surface area contributed by atoms with Crippen LogP contribution in [0, 0.1) is 0 Å². The number of nitrogens with zero attached hydrogens (tertiary/aromatic N) is 2. The zero-order chi connectivity index (χ0) is 13.7. The Kier molecular flexibility index (Phi) is 4.96. The molecule has 0 aliphatic heterocycles. The molecular formula is C11H15N3O3S. The summed E-state index contributed by atoms with van der Waals surface area (Å²) in [7, 11) is 4.63. The zero-order valence-corrected chi connectivity index (χ0v) is 11.3. The number of hydrogen-bond acceptors (Lipinski definition) is 6. The van der Waals surface area contributed by atoms with Crippen LogP contribution in [0.15, 0.2) is 17.2 Å². The van der Waals surface area contributed by atoms with Crippen LogP contribution in [-0.4, -0.2) is 48.7 Å². The van der Waals surface area contributed by atoms with Crippen molar-refractivity contribution >= 4 is 29.5 Å². The van der Waals surface area contributed by atoms with E-state index >= 15 is 0 Å². The quantitative estimate of drug-likeness (QED) is 0.637. The summed E-state index contributed by atoms with van der Waals surface area (Å²) >= 11 is 1.23. The number of carbonyl (C=O) groups excluding carboxylic acids is 2. The number of rotatable bonds is 4. The predicted octanol–water partition coefficient (Wildman–Crippen LogP) is 0.631. The van der Waals surface area contributed by atoms with Crippen LogP contribution in [0.4, 0.5) is 5.82 Å². The number of nitrogens with two attached hydrogens (primary N) is 1. The third-order valence-electron chi connectivity index (χ3n) is 2.14. The van der Waals surface area contributed by atoms with Crippen molar-refractivity contribution in [1.82, 2.24) is 9.88 Å². The molecule has 1 heterocycles. The molecule has 0 spiro atoms. The Balaban J connectivity index is 2.88. The van der Waals surface area contributed by atoms with Gasteiger partial charge in [0.05, 0.1) is 18.4 Å². The molecule has 1 rings (SSSR count). The van der Waals surface area contributed by atoms with Gasteiger partial charge in [-0.25, -0.2) is 9.78 Å². The highest BCUT2D eigenvalue weighted by molar-refractivity contribution is 8.00. The van der Waals surface area contributed by atoms with Gasteiger partial charge >= 0.3 is 5.97 Å². The number of thioether (sulfide) groups is 1. The fourth-order valence-corrected chi connectivity index (χ4v) is 2.07. The van der Waals surface area contributed by atoms with Crippen LogP contribution < -0.4 is 5.73 Å². The molecule has 0 aliphatic rings. The Morgan fingerprint density at radius 2 is 2.17 bits per heavy atom. The molecule has 0 radical (unpaired) electrons. The van der Waals surface area contributed by atoms with Gasteiger partial charge in [-0.15, -0.1) is 11.8 Å². The summed E-state index contributed by atoms with van der Waals surface area (Å²) in [6.45, 7) is 0. The summed E-state index contributed by atoms with van der Waals surface area (Å²) in [4.78, 5) is 29.0. The van der Waals surface area contributed by atoms with Gasteiger partial charge < -0.3 is 15.4 Å². The van der Waals surface area contributed by atoms with Gasteiger partial charge in [-0.3, -0.25) is 4.79 Å². The lowest BCUT2D eigenvalue weighted by Crippen LogP contribution is -2.23. The summed E-state index contributed by atoms with van der Waals surface area (Å²) < 4.78 is 4.66. The maximum Gasteiger partial charge on any atom is 0.339 e. The molecular weight excluding hydrogens is 254 g/mol. The van der Waals surface area contributed by atoms with E-state index in [2.05, 4.69) is 9.72 Å². The van der Waals surface area contributed by atoms with Crippen LogP contribution in [0.25, 0.3) is 0 Å². The van der Waals surface area contributed by atoms with Crippen LogP contribution in [0.3, 0.4) is 0 Å². The molecule has 1 aromatic rings. The lowest BCUT2D eigenvalue weighted by atomic mass is 10.2. The minimum Gasteiger partial charge on any atom is -0.465 e. The van der Waals surface area contributed by atoms with Gasteiger partial charge in [-0.2, -0.15) is 0 Å². The van der Waals surface area contributed by atoms with Crippen LogP contribution in [0.5, 0.6) is 0 Å². The monoisotopic (exact) mass is 269 g/mol. The summed E-state index contributed by atoms with van der Waals surface area (Å²) in [5.74, 6) is -0.0852. The van der Waals surface area contributed by atoms with E-state index in [0.29, 0.717) is 10.5 Å². The highest BCUT2D eigenvalue weighted by Crippen LogP contribution is 2.24. The zero-order valence-electron chi connectivity index (χ0n) is 10.5. The predicted molar refractivity (Wildman–Crippen MR) is 69.4 cm³/mol. The summed E-state index contributed by atoms with van der Waals surface area (Å²) in [5, 5.41) is 0. The second-order valence-corrected chi connectivity index (χ2v) is 4.69. The average molecular weight is 269 g/mol. The minimum absolute atomic E-state index is 0.0485. The fourth-order valence-electron chi connectivity index (χ4n) is 1.11. The van der Waals surface area contributed by atoms with Gasteiger partial charge in [-0.1, -0.05) is 0 Å². The molecule has 7 heteroatoms. The van der Waals surface area contributed by atoms with E-state index in [1.54, 1.807) is 14.1 Å². The normalized spacial score (nSPS) is 9.94. The average Bonchev–Trinajstić information content (AvgIpc) is 2.35. The van der Waals surface area contributed by atoms with Crippen molar-refractivity contribution in [3.8, 4) is 0 Å². The summed E-state index contributed by atoms with van der Waals surface area (Å²) in [6.07, 6.45) is 1.47. The number of carbonyl (C=O) groups is 2. The molecule has 1 aromatic heterocycles. The third-order valence-corrected chi connectivity index (χ3v) is 3.17. The molecule has 0 saturated heterocycles. The molecule has 0 aromatic carbocycles. The molecule has 0 unspecified atom stereocenters. The van der Waals surface area contributed by atoms with Crippen molar-refractivity contribution in [3.63, 3.8) is 0 Å². The number of nitrogen functional groups attached to an aromatic ring is 1. The second kappa shape index (κ2) is 6.25. The first-order valence-electron chi connectivity index (χ1n) is 5.12. The lowest BCUT2D eigenvalue weighted by Gasteiger charge is -2.11. The van der Waals surface area contributed by atoms with E-state index in [1.807, 2.05) is 0 Å². The summed E-state index contributed by atoms with van der Waals surface area (Å²) in [5.41, 5.74) is 5.84. The topological polar surface area (TPSA) is 85.5 Å². The Labute approximate surface area is 110 Å². The molecule has 0 atom stereocenters. The molecule has 98 valence electrons. The number of amides is 1. The Bertz CT molecular complexity index is 463. The molecule has 1 amide bonds. The maximum absolute atomic E-state index is 11.6. The minimum atomic E-state index is -0.496. The van der Waals surface area contributed by atoms with Crippen LogP contribution in [0.2, 0.25) is 0 Å². The Hall–Kier alpha value is -1.76. The van der Waals surface area contributed by atoms with Gasteiger partial charge in [0.2, 0.25) is 5.91 Å². The van der Waals surface area contributed by atoms with Crippen molar-refractivity contribution in [2.45, 2.75) is 4.90 Å². The van der Waals surface area contributed by atoms with E-state index in [4.69, 9.17) is 5.73 Å². The van der Waals surface area contributed by atoms with Gasteiger partial charge in [0.1, 0.15) is 5.82 Å². The molecule has 18 heavy (non-hydrogen) atoms. The highest BCUT2D eigenvalue weighted by Gasteiger charge is 2.15. The number of methoxy groups -OCH3 is 1. The number of hydrogen-bond donors (Lipinski definition) is 1. The van der Waals surface area contributed by atoms with Crippen molar-refractivity contribution in [3.05, 3.63) is 17.8 Å². The van der Waals surface area contributed by atoms with Gasteiger partial charge in [-0.05, 0) is 6.07 Å². The molecule has 6 nitrogen and oxygen atoms in total. The van der Waals surface area contributed by atoms with Crippen LogP contribution in [-0.2, 0) is 9.53 Å². The largest absolute Gasteiger partial charge is 0.465 e. The number of esters is 1. The third kappa shape index (κ3) is 3.63. The molecule has 0 saturated carbocycles. The molecule has 0 aliphatic carbocycles. The van der Waals surface area contributed by atoms with Gasteiger partial charge in [0.15, 0.2) is 0 Å². The van der Waals surface area contributed by atoms with Crippen LogP contribution >= 0.6 is 11.8 Å². The van der Waals surface area contributed by atoms with Gasteiger partial charge in [0, 0.05) is 25.2 Å². The number of anilines is 1. The second-order valence-electron chi connectivity index (χ2n) is 3.67. The Morgan fingerprint density at radius 3 is 2.72 bits per heavy atom. The van der Waals surface area contributed by atoms with Crippen molar-refractivity contribution in [2.24, 2.45) is 0 Å². The summed E-state index contributed by atoms with van der Waals surface area (Å²) in [6, 6.07) is 1.44. The van der Waals surface area contributed by atoms with E-state index in [1.165, 1.54) is 36.0 Å². The lowest BCUT2D eigenvalue weighted by molar-refractivity contribution is -0.125. The highest BCUT2D eigenvalue weighted by atomic mass is 32.2. The first-order valence-corrected chi connectivity index (χ1v) is 6.11. The van der Waals surface area contributed by atoms with E-state index in [9.17, 15) is 9.59 Å². The first kappa shape index (κ1) is 14.3. The molecule has 0 bridgehead atoms. The standard InChI is InChI=1S/C11H15N3O3S/c1-14(2)10(15)6-18-8-5-13-9(12)4-7(8)11(16)17-3/h4-5H,6H2,1-3H3,(H2,12,13). The number of ether oxygens (including phenoxy) is 1. The van der Waals surface area contributed by atoms with E-state index < -0.39 is 5.97 Å². The van der Waals surface area contributed by atoms with Crippen molar-refractivity contribution in [2.75, 3.05) is 32.7 Å².